The fourth-order valence-electron chi connectivity index (χ4n) is 7.96. The first-order chi connectivity index (χ1) is 34.5. The highest BCUT2D eigenvalue weighted by molar-refractivity contribution is 8.04. The molecular formula is C59H92N5S6. The fourth-order valence-corrected chi connectivity index (χ4v) is 15.5. The zero-order valence-electron chi connectivity index (χ0n) is 44.5. The van der Waals surface area contributed by atoms with Gasteiger partial charge in [0.15, 0.2) is 5.82 Å². The number of aromatic nitrogens is 3. The van der Waals surface area contributed by atoms with Crippen LogP contribution < -0.4 is 10.6 Å². The Morgan fingerprint density at radius 2 is 0.671 bits per heavy atom. The molecular weight excluding hydrogens is 971 g/mol. The second kappa shape index (κ2) is 38.9. The van der Waals surface area contributed by atoms with Gasteiger partial charge in [0, 0.05) is 46.3 Å². The normalized spacial score (nSPS) is 11.5. The van der Waals surface area contributed by atoms with Crippen LogP contribution >= 0.6 is 70.6 Å². The Kier molecular flexibility index (Phi) is 33.8. The summed E-state index contributed by atoms with van der Waals surface area (Å²) in [5.74, 6) is 8.63. The van der Waals surface area contributed by atoms with Crippen LogP contribution in [0.3, 0.4) is 0 Å². The second-order valence-electron chi connectivity index (χ2n) is 18.6. The SMILES string of the molecule is [CH2]Cc1ccc(-c2nc(Nc3cc(SCCCCCC)c(SCCCCCC)c(SCCCCCC)c3)nc(Nc3cc(SCCCCCC)c(SCCCCCC)c(SCCCCCC)c3)n2)cc1. The minimum absolute atomic E-state index is 0.557. The van der Waals surface area contributed by atoms with Gasteiger partial charge in [-0.3, -0.25) is 0 Å². The highest BCUT2D eigenvalue weighted by Gasteiger charge is 2.18. The first kappa shape index (κ1) is 60.9. The third kappa shape index (κ3) is 24.1. The highest BCUT2D eigenvalue weighted by Crippen LogP contribution is 2.44. The van der Waals surface area contributed by atoms with E-state index in [4.69, 9.17) is 15.0 Å². The minimum Gasteiger partial charge on any atom is -0.324 e. The van der Waals surface area contributed by atoms with E-state index in [2.05, 4.69) is 131 Å². The van der Waals surface area contributed by atoms with E-state index in [1.807, 2.05) is 47.0 Å². The van der Waals surface area contributed by atoms with Gasteiger partial charge >= 0.3 is 0 Å². The van der Waals surface area contributed by atoms with E-state index >= 15 is 0 Å². The molecule has 0 fully saturated rings. The first-order valence-electron chi connectivity index (χ1n) is 27.8. The largest absolute Gasteiger partial charge is 0.324 e. The number of nitrogens with zero attached hydrogens (tertiary/aromatic N) is 3. The summed E-state index contributed by atoms with van der Waals surface area (Å²) in [4.78, 5) is 24.0. The van der Waals surface area contributed by atoms with Gasteiger partial charge in [0.1, 0.15) is 0 Å². The van der Waals surface area contributed by atoms with Gasteiger partial charge in [-0.15, -0.1) is 70.6 Å². The molecule has 0 aliphatic carbocycles. The Morgan fingerprint density at radius 1 is 0.371 bits per heavy atom. The molecule has 4 rings (SSSR count). The number of thioether (sulfide) groups is 6. The van der Waals surface area contributed by atoms with Crippen LogP contribution in [0, 0.1) is 6.92 Å². The van der Waals surface area contributed by atoms with E-state index in [-0.39, 0.29) is 0 Å². The number of anilines is 4. The Hall–Kier alpha value is -1.63. The first-order valence-corrected chi connectivity index (χ1v) is 33.7. The zero-order chi connectivity index (χ0) is 49.9. The number of rotatable bonds is 42. The van der Waals surface area contributed by atoms with Crippen LogP contribution in [0.15, 0.2) is 77.9 Å². The molecule has 0 aliphatic rings. The van der Waals surface area contributed by atoms with Gasteiger partial charge in [-0.2, -0.15) is 15.0 Å². The lowest BCUT2D eigenvalue weighted by Gasteiger charge is -2.18. The Morgan fingerprint density at radius 3 is 0.957 bits per heavy atom. The van der Waals surface area contributed by atoms with Crippen LogP contribution in [-0.4, -0.2) is 49.5 Å². The molecule has 0 atom stereocenters. The molecule has 5 nitrogen and oxygen atoms in total. The summed E-state index contributed by atoms with van der Waals surface area (Å²) in [6, 6.07) is 18.1. The Balaban J connectivity index is 1.80. The summed E-state index contributed by atoms with van der Waals surface area (Å²) in [5.41, 5.74) is 4.25. The number of hydrogen-bond acceptors (Lipinski definition) is 11. The van der Waals surface area contributed by atoms with Gasteiger partial charge in [-0.25, -0.2) is 0 Å². The smallest absolute Gasteiger partial charge is 0.232 e. The van der Waals surface area contributed by atoms with Gasteiger partial charge in [-0.05, 0) is 116 Å². The summed E-state index contributed by atoms with van der Waals surface area (Å²) >= 11 is 12.3. The van der Waals surface area contributed by atoms with E-state index < -0.39 is 0 Å². The summed E-state index contributed by atoms with van der Waals surface area (Å²) in [7, 11) is 0. The molecule has 0 amide bonds. The maximum absolute atomic E-state index is 5.19. The standard InChI is InChI=1S/C59H92N5S6/c1-8-15-21-27-37-65-51-43-49(44-52(66-38-28-22-16-9-2)55(51)69-41-31-25-19-12-5)60-58-62-57(48-35-33-47(14-7)34-36-48)63-59(64-58)61-50-45-53(67-39-29-23-17-10-3)56(70-42-32-26-20-13-6)54(46-50)68-40-30-24-18-11-4/h33-36,43-46H,7-32,37-42H2,1-6H3,(H2,60,61,62,63,64). The van der Waals surface area contributed by atoms with E-state index in [1.165, 1.54) is 189 Å². The van der Waals surface area contributed by atoms with Crippen molar-refractivity contribution >= 4 is 93.8 Å². The van der Waals surface area contributed by atoms with Crippen LogP contribution in [0.4, 0.5) is 23.3 Å². The summed E-state index contributed by atoms with van der Waals surface area (Å²) in [6.07, 6.45) is 31.4. The number of benzene rings is 3. The Bertz CT molecular complexity index is 1790. The molecule has 0 saturated carbocycles. The third-order valence-electron chi connectivity index (χ3n) is 12.2. The van der Waals surface area contributed by atoms with Crippen molar-refractivity contribution in [3.05, 3.63) is 61.0 Å². The average molecular weight is 1060 g/mol. The maximum Gasteiger partial charge on any atom is 0.232 e. The van der Waals surface area contributed by atoms with E-state index in [0.29, 0.717) is 17.7 Å². The van der Waals surface area contributed by atoms with Crippen LogP contribution in [0.2, 0.25) is 0 Å². The topological polar surface area (TPSA) is 62.7 Å². The molecule has 70 heavy (non-hydrogen) atoms. The summed E-state index contributed by atoms with van der Waals surface area (Å²) in [6.45, 7) is 17.9. The lowest BCUT2D eigenvalue weighted by molar-refractivity contribution is 0.705. The average Bonchev–Trinajstić information content (AvgIpc) is 3.37. The van der Waals surface area contributed by atoms with Gasteiger partial charge < -0.3 is 10.6 Å². The molecule has 2 N–H and O–H groups in total. The fraction of sp³-hybridized carbons (Fsp3) is 0.627. The molecule has 0 bridgehead atoms. The lowest BCUT2D eigenvalue weighted by Crippen LogP contribution is -2.06. The van der Waals surface area contributed by atoms with Crippen molar-refractivity contribution in [3.63, 3.8) is 0 Å². The van der Waals surface area contributed by atoms with Crippen molar-refractivity contribution in [2.24, 2.45) is 0 Å². The predicted octanol–water partition coefficient (Wildman–Crippen LogP) is 21.4. The summed E-state index contributed by atoms with van der Waals surface area (Å²) in [5, 5.41) is 7.55. The Labute approximate surface area is 454 Å². The van der Waals surface area contributed by atoms with Gasteiger partial charge in [-0.1, -0.05) is 181 Å². The molecule has 0 unspecified atom stereocenters. The third-order valence-corrected chi connectivity index (χ3v) is 19.7. The second-order valence-corrected chi connectivity index (χ2v) is 25.3. The molecule has 389 valence electrons. The van der Waals surface area contributed by atoms with Crippen LogP contribution in [0.1, 0.15) is 201 Å². The minimum atomic E-state index is 0.557. The van der Waals surface area contributed by atoms with Gasteiger partial charge in [0.05, 0.1) is 0 Å². The highest BCUT2D eigenvalue weighted by atomic mass is 32.2. The zero-order valence-corrected chi connectivity index (χ0v) is 49.4. The quantitative estimate of drug-likeness (QED) is 0.0330. The number of nitrogens with one attached hydrogen (secondary N) is 2. The van der Waals surface area contributed by atoms with Crippen LogP contribution in [-0.2, 0) is 6.42 Å². The predicted molar refractivity (Wildman–Crippen MR) is 323 cm³/mol. The van der Waals surface area contributed by atoms with E-state index in [0.717, 1.165) is 57.9 Å². The number of unbranched alkanes of at least 4 members (excludes halogenated alkanes) is 18. The molecule has 1 aromatic heterocycles. The van der Waals surface area contributed by atoms with Crippen molar-refractivity contribution in [2.75, 3.05) is 45.2 Å². The van der Waals surface area contributed by atoms with Crippen molar-refractivity contribution < 1.29 is 0 Å². The van der Waals surface area contributed by atoms with Crippen molar-refractivity contribution in [1.29, 1.82) is 0 Å². The molecule has 4 aromatic rings. The molecule has 1 radical (unpaired) electrons. The van der Waals surface area contributed by atoms with Crippen molar-refractivity contribution in [3.8, 4) is 11.4 Å². The van der Waals surface area contributed by atoms with Gasteiger partial charge in [0.25, 0.3) is 0 Å². The molecule has 3 aromatic carbocycles. The monoisotopic (exact) mass is 1060 g/mol. The van der Waals surface area contributed by atoms with Crippen LogP contribution in [0.5, 0.6) is 0 Å². The number of hydrogen-bond donors (Lipinski definition) is 2. The molecule has 0 aliphatic heterocycles. The van der Waals surface area contributed by atoms with Crippen molar-refractivity contribution in [2.45, 2.75) is 231 Å². The molecule has 0 spiro atoms. The lowest BCUT2D eigenvalue weighted by atomic mass is 10.1. The van der Waals surface area contributed by atoms with Crippen molar-refractivity contribution in [1.82, 2.24) is 15.0 Å². The molecule has 1 heterocycles. The molecule has 11 heteroatoms. The summed E-state index contributed by atoms with van der Waals surface area (Å²) < 4.78 is 0. The van der Waals surface area contributed by atoms with Crippen LogP contribution in [0.25, 0.3) is 11.4 Å². The van der Waals surface area contributed by atoms with E-state index in [1.54, 1.807) is 0 Å². The molecule has 0 saturated heterocycles. The van der Waals surface area contributed by atoms with Gasteiger partial charge in [0.2, 0.25) is 11.9 Å². The van der Waals surface area contributed by atoms with E-state index in [9.17, 15) is 0 Å². The maximum atomic E-state index is 5.19.